The molecule has 1 aliphatic rings. The third-order valence-corrected chi connectivity index (χ3v) is 6.73. The quantitative estimate of drug-likeness (QED) is 0.475. The number of aromatic hydroxyl groups is 1. The number of nitrogens with one attached hydrogen (secondary N) is 1. The van der Waals surface area contributed by atoms with Gasteiger partial charge in [-0.3, -0.25) is 9.59 Å². The van der Waals surface area contributed by atoms with Crippen LogP contribution in [-0.4, -0.2) is 53.2 Å². The van der Waals surface area contributed by atoms with Crippen molar-refractivity contribution >= 4 is 11.9 Å². The van der Waals surface area contributed by atoms with E-state index in [0.717, 1.165) is 37.1 Å². The first-order valence-electron chi connectivity index (χ1n) is 11.5. The molecule has 0 aromatic heterocycles. The smallest absolute Gasteiger partial charge is 0.322 e. The zero-order valence-electron chi connectivity index (χ0n) is 19.8. The van der Waals surface area contributed by atoms with Crippen LogP contribution in [-0.2, 0) is 15.0 Å². The molecular formula is C26H38N2O4. The summed E-state index contributed by atoms with van der Waals surface area (Å²) in [5.41, 5.74) is 2.21. The van der Waals surface area contributed by atoms with Gasteiger partial charge in [0.25, 0.3) is 0 Å². The normalized spacial score (nSPS) is 23.2. The number of phenolic OH excluding ortho intramolecular Hbond substituents is 1. The SMILES string of the molecule is C/C=C\C=C(/C)C[C@H](CN1CC[C@@](C)(c2cccc(O)c2)[C@@H](CC)C1)C(=O)NCC(=O)O. The van der Waals surface area contributed by atoms with Crippen LogP contribution in [0.4, 0.5) is 0 Å². The minimum Gasteiger partial charge on any atom is -0.508 e. The lowest BCUT2D eigenvalue weighted by Gasteiger charge is -2.47. The molecule has 176 valence electrons. The second-order valence-corrected chi connectivity index (χ2v) is 9.13. The zero-order valence-corrected chi connectivity index (χ0v) is 19.8. The lowest BCUT2D eigenvalue weighted by Crippen LogP contribution is -2.51. The second-order valence-electron chi connectivity index (χ2n) is 9.13. The first kappa shape index (κ1) is 25.7. The number of rotatable bonds is 10. The van der Waals surface area contributed by atoms with Crippen LogP contribution in [0.1, 0.15) is 52.5 Å². The van der Waals surface area contributed by atoms with Crippen LogP contribution in [0.5, 0.6) is 5.75 Å². The van der Waals surface area contributed by atoms with Gasteiger partial charge in [0.15, 0.2) is 0 Å². The summed E-state index contributed by atoms with van der Waals surface area (Å²) in [6, 6.07) is 7.57. The predicted molar refractivity (Wildman–Crippen MR) is 128 cm³/mol. The fourth-order valence-electron chi connectivity index (χ4n) is 4.76. The molecule has 3 atom stereocenters. The number of phenols is 1. The van der Waals surface area contributed by atoms with Gasteiger partial charge in [0.2, 0.25) is 5.91 Å². The average Bonchev–Trinajstić information content (AvgIpc) is 2.76. The van der Waals surface area contributed by atoms with Crippen molar-refractivity contribution in [3.05, 3.63) is 53.6 Å². The van der Waals surface area contributed by atoms with E-state index in [1.807, 2.05) is 44.2 Å². The number of carbonyl (C=O) groups is 2. The number of carboxylic acid groups (broad SMARTS) is 1. The van der Waals surface area contributed by atoms with Gasteiger partial charge in [0, 0.05) is 13.1 Å². The topological polar surface area (TPSA) is 89.9 Å². The van der Waals surface area contributed by atoms with Crippen molar-refractivity contribution in [2.75, 3.05) is 26.2 Å². The third-order valence-electron chi connectivity index (χ3n) is 6.73. The number of allylic oxidation sites excluding steroid dienone is 4. The molecule has 1 fully saturated rings. The number of piperidine rings is 1. The number of likely N-dealkylation sites (tertiary alicyclic amines) is 1. The van der Waals surface area contributed by atoms with E-state index >= 15 is 0 Å². The molecule has 0 spiro atoms. The lowest BCUT2D eigenvalue weighted by molar-refractivity contribution is -0.138. The number of aliphatic carboxylic acids is 1. The Bertz CT molecular complexity index is 848. The van der Waals surface area contributed by atoms with E-state index in [-0.39, 0.29) is 23.8 Å². The van der Waals surface area contributed by atoms with Crippen LogP contribution < -0.4 is 5.32 Å². The van der Waals surface area contributed by atoms with E-state index in [4.69, 9.17) is 5.11 Å². The summed E-state index contributed by atoms with van der Waals surface area (Å²) >= 11 is 0. The number of hydrogen-bond donors (Lipinski definition) is 3. The van der Waals surface area contributed by atoms with Gasteiger partial charge >= 0.3 is 5.97 Å². The Hall–Kier alpha value is -2.60. The molecule has 0 radical (unpaired) electrons. The molecule has 6 nitrogen and oxygen atoms in total. The van der Waals surface area contributed by atoms with Gasteiger partial charge < -0.3 is 20.4 Å². The number of nitrogens with zero attached hydrogens (tertiary/aromatic N) is 1. The third kappa shape index (κ3) is 6.95. The number of carbonyl (C=O) groups excluding carboxylic acids is 1. The second kappa shape index (κ2) is 11.9. The summed E-state index contributed by atoms with van der Waals surface area (Å²) in [5.74, 6) is -0.877. The van der Waals surface area contributed by atoms with Crippen LogP contribution in [0.25, 0.3) is 0 Å². The molecule has 1 aliphatic heterocycles. The Labute approximate surface area is 192 Å². The van der Waals surface area contributed by atoms with E-state index in [2.05, 4.69) is 30.1 Å². The highest BCUT2D eigenvalue weighted by atomic mass is 16.4. The molecule has 32 heavy (non-hydrogen) atoms. The van der Waals surface area contributed by atoms with Gasteiger partial charge in [0.05, 0.1) is 5.92 Å². The highest BCUT2D eigenvalue weighted by Crippen LogP contribution is 2.42. The predicted octanol–water partition coefficient (Wildman–Crippen LogP) is 4.11. The Balaban J connectivity index is 2.15. The minimum atomic E-state index is -1.04. The summed E-state index contributed by atoms with van der Waals surface area (Å²) in [7, 11) is 0. The summed E-state index contributed by atoms with van der Waals surface area (Å²) < 4.78 is 0. The van der Waals surface area contributed by atoms with E-state index in [1.165, 1.54) is 0 Å². The summed E-state index contributed by atoms with van der Waals surface area (Å²) in [6.45, 7) is 10.4. The fourth-order valence-corrected chi connectivity index (χ4v) is 4.76. The Morgan fingerprint density at radius 2 is 2.12 bits per heavy atom. The number of hydrogen-bond acceptors (Lipinski definition) is 4. The highest BCUT2D eigenvalue weighted by molar-refractivity contribution is 5.83. The number of benzene rings is 1. The number of amides is 1. The fraction of sp³-hybridized carbons (Fsp3) is 0.538. The Morgan fingerprint density at radius 3 is 2.75 bits per heavy atom. The summed E-state index contributed by atoms with van der Waals surface area (Å²) in [5, 5.41) is 21.5. The van der Waals surface area contributed by atoms with Crippen molar-refractivity contribution in [1.82, 2.24) is 10.2 Å². The number of carboxylic acids is 1. The van der Waals surface area contributed by atoms with E-state index in [1.54, 1.807) is 6.07 Å². The highest BCUT2D eigenvalue weighted by Gasteiger charge is 2.40. The standard InChI is InChI=1S/C26H38N2O4/c1-5-7-9-19(3)14-20(25(32)27-16-24(30)31)17-28-13-12-26(4,21(6-2)18-28)22-10-8-11-23(29)15-22/h5,7-11,15,20-21,29H,6,12-14,16-18H2,1-4H3,(H,27,32)(H,30,31)/b7-5-,19-9+/t20-,21+,26-/m1/s1. The molecule has 2 rings (SSSR count). The van der Waals surface area contributed by atoms with Gasteiger partial charge in [-0.15, -0.1) is 0 Å². The molecule has 1 saturated heterocycles. The Morgan fingerprint density at radius 1 is 1.38 bits per heavy atom. The molecule has 0 aliphatic carbocycles. The van der Waals surface area contributed by atoms with Crippen molar-refractivity contribution in [1.29, 1.82) is 0 Å². The van der Waals surface area contributed by atoms with E-state index in [9.17, 15) is 14.7 Å². The maximum absolute atomic E-state index is 12.8. The van der Waals surface area contributed by atoms with Crippen LogP contribution in [0, 0.1) is 11.8 Å². The van der Waals surface area contributed by atoms with Crippen molar-refractivity contribution in [3.63, 3.8) is 0 Å². The van der Waals surface area contributed by atoms with Gasteiger partial charge in [-0.1, -0.05) is 56.2 Å². The zero-order chi connectivity index (χ0) is 23.7. The largest absolute Gasteiger partial charge is 0.508 e. The van der Waals surface area contributed by atoms with Crippen molar-refractivity contribution < 1.29 is 19.8 Å². The van der Waals surface area contributed by atoms with Crippen LogP contribution in [0.2, 0.25) is 0 Å². The maximum Gasteiger partial charge on any atom is 0.322 e. The van der Waals surface area contributed by atoms with Gasteiger partial charge in [0.1, 0.15) is 12.3 Å². The lowest BCUT2D eigenvalue weighted by atomic mass is 9.66. The molecule has 6 heteroatoms. The maximum atomic E-state index is 12.8. The summed E-state index contributed by atoms with van der Waals surface area (Å²) in [4.78, 5) is 26.1. The van der Waals surface area contributed by atoms with Gasteiger partial charge in [-0.25, -0.2) is 0 Å². The van der Waals surface area contributed by atoms with E-state index < -0.39 is 5.97 Å². The van der Waals surface area contributed by atoms with Crippen molar-refractivity contribution in [2.24, 2.45) is 11.8 Å². The minimum absolute atomic E-state index is 0.0349. The first-order valence-corrected chi connectivity index (χ1v) is 11.5. The van der Waals surface area contributed by atoms with Crippen LogP contribution in [0.15, 0.2) is 48.1 Å². The molecule has 1 aromatic carbocycles. The summed E-state index contributed by atoms with van der Waals surface area (Å²) in [6.07, 6.45) is 8.43. The van der Waals surface area contributed by atoms with E-state index in [0.29, 0.717) is 24.6 Å². The van der Waals surface area contributed by atoms with Gasteiger partial charge in [-0.2, -0.15) is 0 Å². The molecule has 0 bridgehead atoms. The van der Waals surface area contributed by atoms with Crippen molar-refractivity contribution in [3.8, 4) is 5.75 Å². The van der Waals surface area contributed by atoms with Crippen LogP contribution in [0.3, 0.4) is 0 Å². The molecule has 1 amide bonds. The van der Waals surface area contributed by atoms with Crippen LogP contribution >= 0.6 is 0 Å². The molecule has 1 heterocycles. The first-order chi connectivity index (χ1) is 15.2. The molecular weight excluding hydrogens is 404 g/mol. The molecule has 3 N–H and O–H groups in total. The van der Waals surface area contributed by atoms with Crippen molar-refractivity contribution in [2.45, 2.75) is 52.4 Å². The molecule has 0 unspecified atom stereocenters. The molecule has 0 saturated carbocycles. The average molecular weight is 443 g/mol. The monoisotopic (exact) mass is 442 g/mol. The molecule has 1 aromatic rings. The Kier molecular flexibility index (Phi) is 9.51. The van der Waals surface area contributed by atoms with Gasteiger partial charge in [-0.05, 0) is 62.3 Å².